The van der Waals surface area contributed by atoms with Gasteiger partial charge in [0.05, 0.1) is 13.0 Å². The predicted molar refractivity (Wildman–Crippen MR) is 103 cm³/mol. The first kappa shape index (κ1) is 24.1. The summed E-state index contributed by atoms with van der Waals surface area (Å²) in [6.45, 7) is 2.06. The Morgan fingerprint density at radius 3 is 2.31 bits per heavy atom. The number of carbonyl (C=O) groups is 4. The van der Waals surface area contributed by atoms with Crippen molar-refractivity contribution in [3.63, 3.8) is 0 Å². The van der Waals surface area contributed by atoms with Crippen molar-refractivity contribution in [2.75, 3.05) is 13.3 Å². The Kier molecular flexibility index (Phi) is 10.4. The van der Waals surface area contributed by atoms with Gasteiger partial charge in [-0.15, -0.1) is 0 Å². The second-order valence-corrected chi connectivity index (χ2v) is 6.85. The number of carboxylic acid groups (broad SMARTS) is 1. The first-order chi connectivity index (χ1) is 13.7. The lowest BCUT2D eigenvalue weighted by Crippen LogP contribution is -2.54. The Hall–Kier alpha value is -2.97. The molecule has 1 unspecified atom stereocenters. The average Bonchev–Trinajstić information content (AvgIpc) is 2.68. The van der Waals surface area contributed by atoms with Crippen molar-refractivity contribution in [2.45, 2.75) is 45.2 Å². The smallest absolute Gasteiger partial charge is 0.407 e. The molecule has 160 valence electrons. The molecular formula is C20H27FN2O6. The Labute approximate surface area is 168 Å². The van der Waals surface area contributed by atoms with Crippen molar-refractivity contribution in [2.24, 2.45) is 5.92 Å². The summed E-state index contributed by atoms with van der Waals surface area (Å²) in [5.41, 5.74) is 1.11. The summed E-state index contributed by atoms with van der Waals surface area (Å²) in [5, 5.41) is 13.4. The van der Waals surface area contributed by atoms with Gasteiger partial charge in [-0.3, -0.25) is 14.4 Å². The predicted octanol–water partition coefficient (Wildman–Crippen LogP) is 1.87. The van der Waals surface area contributed by atoms with Crippen LogP contribution in [-0.4, -0.2) is 54.2 Å². The van der Waals surface area contributed by atoms with Crippen molar-refractivity contribution in [1.82, 2.24) is 10.6 Å². The number of ketones is 1. The van der Waals surface area contributed by atoms with Crippen LogP contribution in [0.5, 0.6) is 0 Å². The SMILES string of the molecule is CC(C)[C@H](NC(=O)OCCCc1ccccc1)C(=O)NC(CC(=O)O)C(=O)CF. The summed E-state index contributed by atoms with van der Waals surface area (Å²) in [6, 6.07) is 7.10. The quantitative estimate of drug-likeness (QED) is 0.452. The number of alkyl carbamates (subject to hydrolysis) is 1. The second kappa shape index (κ2) is 12.5. The zero-order valence-electron chi connectivity index (χ0n) is 16.5. The zero-order valence-corrected chi connectivity index (χ0v) is 16.5. The van der Waals surface area contributed by atoms with Crippen LogP contribution in [0.4, 0.5) is 9.18 Å². The van der Waals surface area contributed by atoms with Gasteiger partial charge in [0.25, 0.3) is 0 Å². The Bertz CT molecular complexity index is 695. The number of halogens is 1. The molecule has 3 N–H and O–H groups in total. The third-order valence-electron chi connectivity index (χ3n) is 4.12. The average molecular weight is 410 g/mol. The Balaban J connectivity index is 2.54. The normalized spacial score (nSPS) is 12.7. The molecule has 9 heteroatoms. The summed E-state index contributed by atoms with van der Waals surface area (Å²) in [7, 11) is 0. The standard InChI is InChI=1S/C20H27FN2O6/c1-13(2)18(19(27)22-15(11-17(25)26)16(24)12-21)23-20(28)29-10-6-9-14-7-4-3-5-8-14/h3-5,7-8,13,15,18H,6,9-12H2,1-2H3,(H,22,27)(H,23,28)(H,25,26)/t15?,18-/m0/s1. The molecule has 2 amide bonds. The summed E-state index contributed by atoms with van der Waals surface area (Å²) in [5.74, 6) is -3.57. The number of Topliss-reactive ketones (excluding diaryl/α,β-unsaturated/α-hetero) is 1. The van der Waals surface area contributed by atoms with Crippen LogP contribution in [0.25, 0.3) is 0 Å². The van der Waals surface area contributed by atoms with E-state index < -0.39 is 48.9 Å². The fraction of sp³-hybridized carbons (Fsp3) is 0.500. The van der Waals surface area contributed by atoms with Gasteiger partial charge in [0, 0.05) is 0 Å². The minimum absolute atomic E-state index is 0.148. The lowest BCUT2D eigenvalue weighted by atomic mass is 10.0. The van der Waals surface area contributed by atoms with Crippen molar-refractivity contribution in [1.29, 1.82) is 0 Å². The number of carboxylic acids is 1. The van der Waals surface area contributed by atoms with Gasteiger partial charge in [0.15, 0.2) is 5.78 Å². The van der Waals surface area contributed by atoms with Crippen LogP contribution in [0.1, 0.15) is 32.3 Å². The van der Waals surface area contributed by atoms with E-state index in [0.29, 0.717) is 6.42 Å². The molecular weight excluding hydrogens is 383 g/mol. The van der Waals surface area contributed by atoms with Crippen molar-refractivity contribution in [3.05, 3.63) is 35.9 Å². The molecule has 29 heavy (non-hydrogen) atoms. The molecule has 0 saturated heterocycles. The number of aryl methyl sites for hydroxylation is 1. The molecule has 0 aliphatic rings. The Morgan fingerprint density at radius 1 is 1.10 bits per heavy atom. The van der Waals surface area contributed by atoms with Gasteiger partial charge in [-0.1, -0.05) is 44.2 Å². The number of amides is 2. The fourth-order valence-corrected chi connectivity index (χ4v) is 2.56. The highest BCUT2D eigenvalue weighted by molar-refractivity contribution is 5.94. The third-order valence-corrected chi connectivity index (χ3v) is 4.12. The number of benzene rings is 1. The van der Waals surface area contributed by atoms with Crippen molar-refractivity contribution in [3.8, 4) is 0 Å². The monoisotopic (exact) mass is 410 g/mol. The highest BCUT2D eigenvalue weighted by atomic mass is 19.1. The van der Waals surface area contributed by atoms with E-state index in [-0.39, 0.29) is 12.5 Å². The van der Waals surface area contributed by atoms with E-state index in [0.717, 1.165) is 12.0 Å². The van der Waals surface area contributed by atoms with E-state index in [1.807, 2.05) is 30.3 Å². The fourth-order valence-electron chi connectivity index (χ4n) is 2.56. The van der Waals surface area contributed by atoms with E-state index >= 15 is 0 Å². The van der Waals surface area contributed by atoms with Gasteiger partial charge < -0.3 is 20.5 Å². The molecule has 1 rings (SSSR count). The maximum atomic E-state index is 12.6. The lowest BCUT2D eigenvalue weighted by molar-refractivity contribution is -0.140. The first-order valence-corrected chi connectivity index (χ1v) is 9.32. The van der Waals surface area contributed by atoms with E-state index in [1.165, 1.54) is 0 Å². The van der Waals surface area contributed by atoms with E-state index in [4.69, 9.17) is 9.84 Å². The number of hydrogen-bond donors (Lipinski definition) is 3. The summed E-state index contributed by atoms with van der Waals surface area (Å²) >= 11 is 0. The molecule has 0 aliphatic heterocycles. The first-order valence-electron chi connectivity index (χ1n) is 9.32. The van der Waals surface area contributed by atoms with Crippen LogP contribution in [0, 0.1) is 5.92 Å². The molecule has 1 aromatic carbocycles. The Morgan fingerprint density at radius 2 is 1.76 bits per heavy atom. The number of carbonyl (C=O) groups excluding carboxylic acids is 3. The molecule has 0 aromatic heterocycles. The molecule has 0 fully saturated rings. The largest absolute Gasteiger partial charge is 0.481 e. The van der Waals surface area contributed by atoms with Crippen LogP contribution in [0.3, 0.4) is 0 Å². The summed E-state index contributed by atoms with van der Waals surface area (Å²) in [4.78, 5) is 46.7. The molecule has 2 atom stereocenters. The number of rotatable bonds is 12. The summed E-state index contributed by atoms with van der Waals surface area (Å²) < 4.78 is 17.7. The molecule has 0 saturated carbocycles. The molecule has 0 aliphatic carbocycles. The van der Waals surface area contributed by atoms with Gasteiger partial charge in [-0.05, 0) is 24.3 Å². The molecule has 0 bridgehead atoms. The van der Waals surface area contributed by atoms with Crippen LogP contribution in [-0.2, 0) is 25.5 Å². The number of ether oxygens (including phenoxy) is 1. The molecule has 8 nitrogen and oxygen atoms in total. The van der Waals surface area contributed by atoms with E-state index in [9.17, 15) is 23.6 Å². The van der Waals surface area contributed by atoms with Crippen LogP contribution >= 0.6 is 0 Å². The highest BCUT2D eigenvalue weighted by Crippen LogP contribution is 2.06. The van der Waals surface area contributed by atoms with Gasteiger partial charge in [0.2, 0.25) is 5.91 Å². The number of alkyl halides is 1. The second-order valence-electron chi connectivity index (χ2n) is 6.85. The zero-order chi connectivity index (χ0) is 21.8. The van der Waals surface area contributed by atoms with Crippen molar-refractivity contribution >= 4 is 23.8 Å². The number of hydrogen-bond acceptors (Lipinski definition) is 5. The van der Waals surface area contributed by atoms with E-state index in [2.05, 4.69) is 10.6 Å². The lowest BCUT2D eigenvalue weighted by Gasteiger charge is -2.24. The summed E-state index contributed by atoms with van der Waals surface area (Å²) in [6.07, 6.45) is -0.228. The molecule has 0 radical (unpaired) electrons. The number of aliphatic carboxylic acids is 1. The van der Waals surface area contributed by atoms with Gasteiger partial charge in [-0.25, -0.2) is 9.18 Å². The topological polar surface area (TPSA) is 122 Å². The van der Waals surface area contributed by atoms with E-state index in [1.54, 1.807) is 13.8 Å². The molecule has 0 heterocycles. The molecule has 0 spiro atoms. The van der Waals surface area contributed by atoms with Crippen LogP contribution in [0.2, 0.25) is 0 Å². The maximum absolute atomic E-state index is 12.6. The maximum Gasteiger partial charge on any atom is 0.407 e. The minimum atomic E-state index is -1.50. The van der Waals surface area contributed by atoms with Crippen LogP contribution in [0.15, 0.2) is 30.3 Å². The number of nitrogens with one attached hydrogen (secondary N) is 2. The minimum Gasteiger partial charge on any atom is -0.481 e. The highest BCUT2D eigenvalue weighted by Gasteiger charge is 2.30. The van der Waals surface area contributed by atoms with Gasteiger partial charge in [-0.2, -0.15) is 0 Å². The third kappa shape index (κ3) is 9.18. The van der Waals surface area contributed by atoms with Gasteiger partial charge >= 0.3 is 12.1 Å². The van der Waals surface area contributed by atoms with Crippen molar-refractivity contribution < 1.29 is 33.4 Å². The molecule has 1 aromatic rings. The van der Waals surface area contributed by atoms with Crippen LogP contribution < -0.4 is 10.6 Å². The van der Waals surface area contributed by atoms with Gasteiger partial charge in [0.1, 0.15) is 18.8 Å².